The first-order chi connectivity index (χ1) is 13.5. The number of furan rings is 1. The van der Waals surface area contributed by atoms with Crippen LogP contribution in [0.5, 0.6) is 0 Å². The summed E-state index contributed by atoms with van der Waals surface area (Å²) < 4.78 is 5.11. The van der Waals surface area contributed by atoms with Crippen LogP contribution in [0.1, 0.15) is 10.6 Å². The first-order valence-corrected chi connectivity index (χ1v) is 9.25. The van der Waals surface area contributed by atoms with Gasteiger partial charge < -0.3 is 25.1 Å². The Kier molecular flexibility index (Phi) is 3.77. The molecule has 1 aliphatic carbocycles. The highest BCUT2D eigenvalue weighted by Gasteiger charge is 2.55. The summed E-state index contributed by atoms with van der Waals surface area (Å²) in [5.74, 6) is -2.42. The van der Waals surface area contributed by atoms with E-state index in [2.05, 4.69) is 10.6 Å². The predicted octanol–water partition coefficient (Wildman–Crippen LogP) is 0.516. The zero-order valence-electron chi connectivity index (χ0n) is 14.8. The van der Waals surface area contributed by atoms with Crippen LogP contribution in [0.15, 0.2) is 59.4 Å². The Labute approximate surface area is 160 Å². The molecule has 4 aliphatic rings. The van der Waals surface area contributed by atoms with E-state index in [1.807, 2.05) is 18.2 Å². The lowest BCUT2D eigenvalue weighted by Gasteiger charge is -2.38. The number of nitrogens with one attached hydrogen (secondary N) is 2. The molecule has 1 aromatic rings. The number of carboxylic acid groups (broad SMARTS) is 1. The molecule has 5 rings (SSSR count). The summed E-state index contributed by atoms with van der Waals surface area (Å²) in [5.41, 5.74) is 0. The third-order valence-electron chi connectivity index (χ3n) is 6.16. The SMILES string of the molecule is O=C(NC1C=CC2NC3C(C=CN4C(=O)C=CC34)C2C1C(=O)O)c1ccco1. The number of carbonyl (C=O) groups excluding carboxylic acids is 2. The van der Waals surface area contributed by atoms with Crippen LogP contribution in [0.4, 0.5) is 0 Å². The topological polar surface area (TPSA) is 112 Å². The molecule has 8 heteroatoms. The second-order valence-electron chi connectivity index (χ2n) is 7.54. The Morgan fingerprint density at radius 3 is 2.82 bits per heavy atom. The van der Waals surface area contributed by atoms with E-state index in [1.54, 1.807) is 29.3 Å². The first-order valence-electron chi connectivity index (χ1n) is 9.25. The third-order valence-corrected chi connectivity index (χ3v) is 6.16. The summed E-state index contributed by atoms with van der Waals surface area (Å²) in [6.07, 6.45) is 12.2. The van der Waals surface area contributed by atoms with Gasteiger partial charge in [0.25, 0.3) is 11.8 Å². The van der Waals surface area contributed by atoms with Gasteiger partial charge in [0.2, 0.25) is 0 Å². The highest BCUT2D eigenvalue weighted by atomic mass is 16.4. The van der Waals surface area contributed by atoms with E-state index in [9.17, 15) is 19.5 Å². The van der Waals surface area contributed by atoms with E-state index >= 15 is 0 Å². The van der Waals surface area contributed by atoms with Crippen molar-refractivity contribution in [2.75, 3.05) is 0 Å². The molecular weight excluding hydrogens is 362 g/mol. The molecule has 2 amide bonds. The van der Waals surface area contributed by atoms with Crippen LogP contribution in [0.3, 0.4) is 0 Å². The van der Waals surface area contributed by atoms with Crippen molar-refractivity contribution in [3.8, 4) is 0 Å². The molecule has 1 fully saturated rings. The number of nitrogens with zero attached hydrogens (tertiary/aromatic N) is 1. The van der Waals surface area contributed by atoms with Crippen molar-refractivity contribution in [3.05, 3.63) is 60.7 Å². The number of carboxylic acids is 1. The van der Waals surface area contributed by atoms with Gasteiger partial charge in [0, 0.05) is 36.2 Å². The predicted molar refractivity (Wildman–Crippen MR) is 96.8 cm³/mol. The molecule has 4 heterocycles. The van der Waals surface area contributed by atoms with E-state index < -0.39 is 23.8 Å². The van der Waals surface area contributed by atoms with E-state index in [0.29, 0.717) is 0 Å². The van der Waals surface area contributed by atoms with E-state index in [-0.39, 0.29) is 41.6 Å². The van der Waals surface area contributed by atoms with Crippen molar-refractivity contribution >= 4 is 17.8 Å². The Morgan fingerprint density at radius 2 is 2.07 bits per heavy atom. The second-order valence-corrected chi connectivity index (χ2v) is 7.54. The zero-order valence-corrected chi connectivity index (χ0v) is 14.8. The average Bonchev–Trinajstić information content (AvgIpc) is 3.39. The molecule has 0 saturated carbocycles. The maximum absolute atomic E-state index is 12.4. The molecule has 144 valence electrons. The van der Waals surface area contributed by atoms with Crippen LogP contribution in [0.25, 0.3) is 0 Å². The number of amides is 2. The molecule has 7 atom stereocenters. The largest absolute Gasteiger partial charge is 0.481 e. The van der Waals surface area contributed by atoms with Gasteiger partial charge in [-0.05, 0) is 12.1 Å². The molecule has 8 nitrogen and oxygen atoms in total. The quantitative estimate of drug-likeness (QED) is 0.658. The Morgan fingerprint density at radius 1 is 1.21 bits per heavy atom. The van der Waals surface area contributed by atoms with Crippen molar-refractivity contribution in [1.82, 2.24) is 15.5 Å². The number of hydrogen-bond acceptors (Lipinski definition) is 5. The van der Waals surface area contributed by atoms with Gasteiger partial charge in [-0.1, -0.05) is 24.3 Å². The van der Waals surface area contributed by atoms with E-state index in [4.69, 9.17) is 4.42 Å². The van der Waals surface area contributed by atoms with Crippen LogP contribution >= 0.6 is 0 Å². The third kappa shape index (κ3) is 2.45. The van der Waals surface area contributed by atoms with Crippen molar-refractivity contribution < 1.29 is 23.9 Å². The van der Waals surface area contributed by atoms with Gasteiger partial charge in [-0.2, -0.15) is 0 Å². The molecule has 28 heavy (non-hydrogen) atoms. The second kappa shape index (κ2) is 6.20. The Hall–Kier alpha value is -3.13. The lowest BCUT2D eigenvalue weighted by atomic mass is 9.70. The molecule has 0 spiro atoms. The lowest BCUT2D eigenvalue weighted by molar-refractivity contribution is -0.145. The number of rotatable bonds is 3. The van der Waals surface area contributed by atoms with Crippen molar-refractivity contribution in [2.24, 2.45) is 17.8 Å². The van der Waals surface area contributed by atoms with Gasteiger partial charge in [-0.25, -0.2) is 0 Å². The van der Waals surface area contributed by atoms with Crippen molar-refractivity contribution in [3.63, 3.8) is 0 Å². The summed E-state index contributed by atoms with van der Waals surface area (Å²) in [6.45, 7) is 0. The molecule has 1 aromatic heterocycles. The maximum Gasteiger partial charge on any atom is 0.309 e. The molecule has 3 aliphatic heterocycles. The van der Waals surface area contributed by atoms with Crippen LogP contribution in [-0.4, -0.2) is 52.0 Å². The fraction of sp³-hybridized carbons (Fsp3) is 0.350. The standard InChI is InChI=1S/C20H19N3O5/c24-15-6-5-13-18-10(7-8-23(13)15)16-11(21-18)3-4-12(17(16)20(26)27)22-19(25)14-2-1-9-28-14/h1-13,16-18,21H,(H,22,25)(H,26,27). The highest BCUT2D eigenvalue weighted by molar-refractivity contribution is 5.92. The van der Waals surface area contributed by atoms with E-state index in [0.717, 1.165) is 0 Å². The van der Waals surface area contributed by atoms with Crippen LogP contribution in [-0.2, 0) is 9.59 Å². The normalized spacial score (nSPS) is 37.5. The van der Waals surface area contributed by atoms with Gasteiger partial charge in [-0.3, -0.25) is 14.4 Å². The summed E-state index contributed by atoms with van der Waals surface area (Å²) in [7, 11) is 0. The smallest absolute Gasteiger partial charge is 0.309 e. The zero-order chi connectivity index (χ0) is 19.4. The minimum absolute atomic E-state index is 0.0594. The molecule has 7 unspecified atom stereocenters. The van der Waals surface area contributed by atoms with Crippen LogP contribution in [0.2, 0.25) is 0 Å². The Bertz CT molecular complexity index is 918. The first kappa shape index (κ1) is 17.0. The lowest BCUT2D eigenvalue weighted by Crippen LogP contribution is -2.51. The van der Waals surface area contributed by atoms with E-state index in [1.165, 1.54) is 12.3 Å². The van der Waals surface area contributed by atoms with Gasteiger partial charge >= 0.3 is 5.97 Å². The number of fused-ring (bicyclic) bond motifs is 5. The fourth-order valence-electron chi connectivity index (χ4n) is 4.99. The van der Waals surface area contributed by atoms with Gasteiger partial charge in [0.15, 0.2) is 5.76 Å². The van der Waals surface area contributed by atoms with Gasteiger partial charge in [-0.15, -0.1) is 0 Å². The minimum atomic E-state index is -0.958. The summed E-state index contributed by atoms with van der Waals surface area (Å²) in [6, 6.07) is 2.18. The van der Waals surface area contributed by atoms with Crippen molar-refractivity contribution in [1.29, 1.82) is 0 Å². The van der Waals surface area contributed by atoms with Gasteiger partial charge in [0.05, 0.1) is 24.3 Å². The monoisotopic (exact) mass is 381 g/mol. The van der Waals surface area contributed by atoms with Crippen molar-refractivity contribution in [2.45, 2.75) is 24.2 Å². The molecule has 1 saturated heterocycles. The highest BCUT2D eigenvalue weighted by Crippen LogP contribution is 2.44. The summed E-state index contributed by atoms with van der Waals surface area (Å²) in [5, 5.41) is 16.3. The van der Waals surface area contributed by atoms with Crippen LogP contribution in [0, 0.1) is 17.8 Å². The summed E-state index contributed by atoms with van der Waals surface area (Å²) >= 11 is 0. The summed E-state index contributed by atoms with van der Waals surface area (Å²) in [4.78, 5) is 38.2. The average molecular weight is 381 g/mol. The number of hydrogen-bond donors (Lipinski definition) is 3. The van der Waals surface area contributed by atoms with Gasteiger partial charge in [0.1, 0.15) is 0 Å². The molecule has 0 radical (unpaired) electrons. The number of carbonyl (C=O) groups is 3. The van der Waals surface area contributed by atoms with Crippen LogP contribution < -0.4 is 10.6 Å². The molecule has 0 bridgehead atoms. The maximum atomic E-state index is 12.4. The molecular formula is C20H19N3O5. The minimum Gasteiger partial charge on any atom is -0.481 e. The molecule has 0 aromatic carbocycles. The number of aliphatic carboxylic acids is 1. The fourth-order valence-corrected chi connectivity index (χ4v) is 4.99. The Balaban J connectivity index is 1.44. The molecule has 3 N–H and O–H groups in total.